The molecular weight excluding hydrogens is 274 g/mol. The fourth-order valence-corrected chi connectivity index (χ4v) is 2.12. The summed E-state index contributed by atoms with van der Waals surface area (Å²) in [5, 5.41) is 6.69. The molecule has 0 aliphatic heterocycles. The van der Waals surface area contributed by atoms with Gasteiger partial charge in [0, 0.05) is 18.8 Å². The fourth-order valence-electron chi connectivity index (χ4n) is 2.12. The second-order valence-corrected chi connectivity index (χ2v) is 4.40. The van der Waals surface area contributed by atoms with Crippen molar-refractivity contribution < 1.29 is 17.6 Å². The Morgan fingerprint density at radius 2 is 2.00 bits per heavy atom. The number of nitrogens with zero attached hydrogens (tertiary/aromatic N) is 2. The number of hydrogen-bond donors (Lipinski definition) is 1. The molecule has 0 bridgehead atoms. The maximum Gasteiger partial charge on any atom is 0.416 e. The maximum absolute atomic E-state index is 13.3. The lowest BCUT2D eigenvalue weighted by Gasteiger charge is -2.20. The van der Waals surface area contributed by atoms with Gasteiger partial charge in [0.05, 0.1) is 17.8 Å². The first-order valence-electron chi connectivity index (χ1n) is 5.85. The lowest BCUT2D eigenvalue weighted by atomic mass is 9.96. The Bertz CT molecular complexity index is 604. The van der Waals surface area contributed by atoms with Crippen molar-refractivity contribution in [3.63, 3.8) is 0 Å². The lowest BCUT2D eigenvalue weighted by Crippen LogP contribution is -2.22. The average molecular weight is 287 g/mol. The molecule has 1 heterocycles. The molecule has 1 unspecified atom stereocenters. The van der Waals surface area contributed by atoms with E-state index in [1.807, 2.05) is 0 Å². The summed E-state index contributed by atoms with van der Waals surface area (Å²) in [5.74, 6) is -0.711. The molecule has 1 atom stereocenters. The molecule has 1 aromatic carbocycles. The molecule has 0 aliphatic rings. The molecule has 1 N–H and O–H groups in total. The second-order valence-electron chi connectivity index (χ2n) is 4.40. The lowest BCUT2D eigenvalue weighted by molar-refractivity contribution is -0.138. The van der Waals surface area contributed by atoms with Crippen molar-refractivity contribution in [2.75, 3.05) is 7.05 Å². The molecule has 0 fully saturated rings. The first-order valence-corrected chi connectivity index (χ1v) is 5.85. The third kappa shape index (κ3) is 2.82. The SMILES string of the molecule is CNC(c1cnn(C)c1)c1cc(F)ccc1C(F)(F)F. The van der Waals surface area contributed by atoms with Crippen LogP contribution in [-0.2, 0) is 13.2 Å². The first-order chi connectivity index (χ1) is 9.32. The third-order valence-corrected chi connectivity index (χ3v) is 2.98. The quantitative estimate of drug-likeness (QED) is 0.880. The van der Waals surface area contributed by atoms with Crippen LogP contribution in [0.4, 0.5) is 17.6 Å². The number of hydrogen-bond acceptors (Lipinski definition) is 2. The van der Waals surface area contributed by atoms with Gasteiger partial charge in [-0.3, -0.25) is 4.68 Å². The predicted octanol–water partition coefficient (Wildman–Crippen LogP) is 2.89. The van der Waals surface area contributed by atoms with Crippen LogP contribution in [0.15, 0.2) is 30.6 Å². The largest absolute Gasteiger partial charge is 0.416 e. The van der Waals surface area contributed by atoms with Crippen molar-refractivity contribution in [3.8, 4) is 0 Å². The van der Waals surface area contributed by atoms with E-state index in [1.165, 1.54) is 17.9 Å². The van der Waals surface area contributed by atoms with Gasteiger partial charge < -0.3 is 5.32 Å². The van der Waals surface area contributed by atoms with E-state index in [1.54, 1.807) is 13.2 Å². The highest BCUT2D eigenvalue weighted by Crippen LogP contribution is 2.36. The predicted molar refractivity (Wildman–Crippen MR) is 65.5 cm³/mol. The monoisotopic (exact) mass is 287 g/mol. The van der Waals surface area contributed by atoms with Crippen LogP contribution < -0.4 is 5.32 Å². The molecule has 0 saturated heterocycles. The van der Waals surface area contributed by atoms with Crippen LogP contribution in [0.1, 0.15) is 22.7 Å². The van der Waals surface area contributed by atoms with E-state index in [2.05, 4.69) is 10.4 Å². The van der Waals surface area contributed by atoms with Gasteiger partial charge in [-0.25, -0.2) is 4.39 Å². The number of rotatable bonds is 3. The Morgan fingerprint density at radius 1 is 1.30 bits per heavy atom. The van der Waals surface area contributed by atoms with Crippen LogP contribution in [0, 0.1) is 5.82 Å². The van der Waals surface area contributed by atoms with Crippen LogP contribution in [0.25, 0.3) is 0 Å². The van der Waals surface area contributed by atoms with Gasteiger partial charge in [-0.15, -0.1) is 0 Å². The highest BCUT2D eigenvalue weighted by atomic mass is 19.4. The number of nitrogens with one attached hydrogen (secondary N) is 1. The molecular formula is C13H13F4N3. The molecule has 0 aliphatic carbocycles. The molecule has 0 spiro atoms. The van der Waals surface area contributed by atoms with E-state index >= 15 is 0 Å². The molecule has 20 heavy (non-hydrogen) atoms. The van der Waals surface area contributed by atoms with Crippen molar-refractivity contribution in [2.24, 2.45) is 7.05 Å². The number of benzene rings is 1. The summed E-state index contributed by atoms with van der Waals surface area (Å²) in [4.78, 5) is 0. The van der Waals surface area contributed by atoms with Gasteiger partial charge in [0.15, 0.2) is 0 Å². The summed E-state index contributed by atoms with van der Waals surface area (Å²) in [6.07, 6.45) is -1.50. The zero-order valence-electron chi connectivity index (χ0n) is 10.9. The van der Waals surface area contributed by atoms with Crippen LogP contribution in [-0.4, -0.2) is 16.8 Å². The summed E-state index contributed by atoms with van der Waals surface area (Å²) >= 11 is 0. The summed E-state index contributed by atoms with van der Waals surface area (Å²) in [7, 11) is 3.18. The van der Waals surface area contributed by atoms with Gasteiger partial charge in [0.1, 0.15) is 5.82 Å². The Labute approximate surface area is 113 Å². The maximum atomic E-state index is 13.3. The van der Waals surface area contributed by atoms with Crippen LogP contribution in [0.2, 0.25) is 0 Å². The summed E-state index contributed by atoms with van der Waals surface area (Å²) < 4.78 is 53.9. The van der Waals surface area contributed by atoms with Crippen LogP contribution in [0.3, 0.4) is 0 Å². The third-order valence-electron chi connectivity index (χ3n) is 2.98. The molecule has 0 saturated carbocycles. The molecule has 2 rings (SSSR count). The van der Waals surface area contributed by atoms with E-state index in [-0.39, 0.29) is 5.56 Å². The number of aromatic nitrogens is 2. The number of aryl methyl sites for hydroxylation is 1. The van der Waals surface area contributed by atoms with Gasteiger partial charge in [0.2, 0.25) is 0 Å². The zero-order valence-corrected chi connectivity index (χ0v) is 10.9. The molecule has 1 aromatic heterocycles. The first kappa shape index (κ1) is 14.5. The van der Waals surface area contributed by atoms with E-state index < -0.39 is 23.6 Å². The van der Waals surface area contributed by atoms with Crippen LogP contribution >= 0.6 is 0 Å². The highest BCUT2D eigenvalue weighted by molar-refractivity contribution is 5.38. The molecule has 7 heteroatoms. The van der Waals surface area contributed by atoms with E-state index in [9.17, 15) is 17.6 Å². The van der Waals surface area contributed by atoms with Crippen molar-refractivity contribution in [3.05, 3.63) is 53.1 Å². The average Bonchev–Trinajstić information content (AvgIpc) is 2.75. The number of halogens is 4. The van der Waals surface area contributed by atoms with Crippen LogP contribution in [0.5, 0.6) is 0 Å². The summed E-state index contributed by atoms with van der Waals surface area (Å²) in [6.45, 7) is 0. The van der Waals surface area contributed by atoms with E-state index in [0.717, 1.165) is 18.2 Å². The Balaban J connectivity index is 2.56. The minimum Gasteiger partial charge on any atom is -0.309 e. The highest BCUT2D eigenvalue weighted by Gasteiger charge is 2.35. The summed E-state index contributed by atoms with van der Waals surface area (Å²) in [5.41, 5.74) is -0.485. The van der Waals surface area contributed by atoms with Gasteiger partial charge in [-0.1, -0.05) is 0 Å². The molecule has 2 aromatic rings. The molecule has 108 valence electrons. The van der Waals surface area contributed by atoms with Crippen molar-refractivity contribution in [1.82, 2.24) is 15.1 Å². The van der Waals surface area contributed by atoms with E-state index in [0.29, 0.717) is 5.56 Å². The Morgan fingerprint density at radius 3 is 2.50 bits per heavy atom. The zero-order chi connectivity index (χ0) is 14.9. The minimum atomic E-state index is -4.54. The number of alkyl halides is 3. The fraction of sp³-hybridized carbons (Fsp3) is 0.308. The van der Waals surface area contributed by atoms with Gasteiger partial charge >= 0.3 is 6.18 Å². The van der Waals surface area contributed by atoms with Gasteiger partial charge in [-0.05, 0) is 30.8 Å². The topological polar surface area (TPSA) is 29.9 Å². The second kappa shape index (κ2) is 5.24. The van der Waals surface area contributed by atoms with Crippen molar-refractivity contribution in [1.29, 1.82) is 0 Å². The smallest absolute Gasteiger partial charge is 0.309 e. The van der Waals surface area contributed by atoms with Gasteiger partial charge in [-0.2, -0.15) is 18.3 Å². The van der Waals surface area contributed by atoms with E-state index in [4.69, 9.17) is 0 Å². The molecule has 0 radical (unpaired) electrons. The minimum absolute atomic E-state index is 0.159. The Kier molecular flexibility index (Phi) is 3.80. The normalized spacial score (nSPS) is 13.5. The van der Waals surface area contributed by atoms with Crippen molar-refractivity contribution >= 4 is 0 Å². The summed E-state index contributed by atoms with van der Waals surface area (Å²) in [6, 6.07) is 1.68. The Hall–Kier alpha value is -1.89. The van der Waals surface area contributed by atoms with Gasteiger partial charge in [0.25, 0.3) is 0 Å². The molecule has 0 amide bonds. The standard InChI is InChI=1S/C13H13F4N3/c1-18-12(8-6-19-20(2)7-8)10-5-9(14)3-4-11(10)13(15,16)17/h3-7,12,18H,1-2H3. The molecule has 3 nitrogen and oxygen atoms in total. The van der Waals surface area contributed by atoms with Crippen molar-refractivity contribution in [2.45, 2.75) is 12.2 Å².